The molecule has 278 valence electrons. The molecule has 2 aromatic heterocycles. The van der Waals surface area contributed by atoms with Gasteiger partial charge in [-0.25, -0.2) is 23.3 Å². The molecule has 0 spiro atoms. The Balaban J connectivity index is 1.27. The van der Waals surface area contributed by atoms with Gasteiger partial charge in [0.05, 0.1) is 47.5 Å². The summed E-state index contributed by atoms with van der Waals surface area (Å²) in [7, 11) is -3.78. The number of nitrogens with one attached hydrogen (secondary N) is 2. The minimum Gasteiger partial charge on any atom is -0.493 e. The Morgan fingerprint density at radius 3 is 2.43 bits per heavy atom. The fourth-order valence-electron chi connectivity index (χ4n) is 4.97. The number of ether oxygens (including phenoxy) is 1. The van der Waals surface area contributed by atoms with E-state index in [-0.39, 0.29) is 18.8 Å². The van der Waals surface area contributed by atoms with Crippen molar-refractivity contribution in [3.8, 4) is 5.75 Å². The van der Waals surface area contributed by atoms with Crippen molar-refractivity contribution in [2.24, 2.45) is 0 Å². The summed E-state index contributed by atoms with van der Waals surface area (Å²) in [5, 5.41) is 10.5. The van der Waals surface area contributed by atoms with Crippen LogP contribution in [0.2, 0.25) is 0 Å². The van der Waals surface area contributed by atoms with E-state index in [0.29, 0.717) is 35.9 Å². The van der Waals surface area contributed by atoms with Gasteiger partial charge >= 0.3 is 7.82 Å². The summed E-state index contributed by atoms with van der Waals surface area (Å²) < 4.78 is 65.3. The van der Waals surface area contributed by atoms with E-state index in [9.17, 15) is 18.1 Å². The van der Waals surface area contributed by atoms with Gasteiger partial charge in [0.15, 0.2) is 11.6 Å². The van der Waals surface area contributed by atoms with Gasteiger partial charge in [-0.15, -0.1) is 0 Å². The molecule has 0 fully saturated rings. The Labute approximate surface area is 297 Å². The second kappa shape index (κ2) is 17.5. The highest BCUT2D eigenvalue weighted by Crippen LogP contribution is 2.55. The summed E-state index contributed by atoms with van der Waals surface area (Å²) in [6, 6.07) is 9.09. The highest BCUT2D eigenvalue weighted by atomic mass is 31.2. The number of fused-ring (bicyclic) bond motifs is 1. The molecule has 13 nitrogen and oxygen atoms in total. The summed E-state index contributed by atoms with van der Waals surface area (Å²) in [5.41, 5.74) is -0.412. The number of amides is 1. The first-order chi connectivity index (χ1) is 24.0. The molecule has 0 saturated carbocycles. The molecule has 51 heavy (non-hydrogen) atoms. The zero-order valence-corrected chi connectivity index (χ0v) is 31.1. The van der Waals surface area contributed by atoms with Crippen molar-refractivity contribution in [3.63, 3.8) is 0 Å². The molecular weight excluding hydrogens is 683 g/mol. The predicted octanol–water partition coefficient (Wildman–Crippen LogP) is 7.72. The topological polar surface area (TPSA) is 142 Å². The van der Waals surface area contributed by atoms with E-state index in [0.717, 1.165) is 37.4 Å². The minimum atomic E-state index is -3.78. The fourth-order valence-corrected chi connectivity index (χ4v) is 6.76. The molecule has 1 amide bonds. The van der Waals surface area contributed by atoms with Crippen LogP contribution < -0.4 is 15.4 Å². The molecule has 0 aliphatic heterocycles. The lowest BCUT2D eigenvalue weighted by molar-refractivity contribution is -0.116. The van der Waals surface area contributed by atoms with Crippen LogP contribution in [-0.4, -0.2) is 74.6 Å². The van der Waals surface area contributed by atoms with E-state index >= 15 is 0 Å². The third kappa shape index (κ3) is 12.9. The Kier molecular flexibility index (Phi) is 13.6. The molecule has 2 N–H and O–H groups in total. The average molecular weight is 732 g/mol. The van der Waals surface area contributed by atoms with Gasteiger partial charge in [0, 0.05) is 30.7 Å². The van der Waals surface area contributed by atoms with E-state index in [2.05, 4.69) is 37.5 Å². The van der Waals surface area contributed by atoms with E-state index in [4.69, 9.17) is 18.3 Å². The van der Waals surface area contributed by atoms with Gasteiger partial charge in [-0.3, -0.25) is 23.0 Å². The van der Waals surface area contributed by atoms with E-state index in [1.165, 1.54) is 29.3 Å². The maximum Gasteiger partial charge on any atom is 0.475 e. The molecule has 2 aromatic carbocycles. The number of anilines is 3. The van der Waals surface area contributed by atoms with Crippen molar-refractivity contribution in [2.45, 2.75) is 79.1 Å². The Hall–Kier alpha value is -4.01. The normalized spacial score (nSPS) is 12.4. The van der Waals surface area contributed by atoms with Crippen LogP contribution in [0.4, 0.5) is 26.0 Å². The second-order valence-corrected chi connectivity index (χ2v) is 15.4. The highest BCUT2D eigenvalue weighted by Gasteiger charge is 2.37. The number of benzene rings is 2. The molecule has 0 radical (unpaired) electrons. The third-order valence-electron chi connectivity index (χ3n) is 6.89. The number of hydrogen-bond donors (Lipinski definition) is 2. The van der Waals surface area contributed by atoms with Gasteiger partial charge in [-0.2, -0.15) is 5.10 Å². The standard InChI is InChI=1S/C35H48F2N7O6P/c1-8-15-43(17-19-48-51(46,49-34(2,3)4)50-35(5,6)7)16-10-18-47-26-13-14-27-30(20-26)38-24-39-33(27)41-25-21-40-44(22-25)23-31(45)42-29-12-9-11-28(36)32(29)37/h9,11-14,20-22,24H,8,10,15-19,23H2,1-7H3,(H,42,45)(H,38,39,41). The molecule has 0 aliphatic rings. The Bertz CT molecular complexity index is 1790. The van der Waals surface area contributed by atoms with E-state index in [1.54, 1.807) is 6.20 Å². The third-order valence-corrected chi connectivity index (χ3v) is 8.93. The lowest BCUT2D eigenvalue weighted by Crippen LogP contribution is -2.31. The van der Waals surface area contributed by atoms with Crippen LogP contribution in [0.5, 0.6) is 5.75 Å². The smallest absolute Gasteiger partial charge is 0.475 e. The largest absolute Gasteiger partial charge is 0.493 e. The molecule has 0 atom stereocenters. The van der Waals surface area contributed by atoms with E-state index < -0.39 is 36.6 Å². The van der Waals surface area contributed by atoms with Crippen molar-refractivity contribution in [1.29, 1.82) is 0 Å². The van der Waals surface area contributed by atoms with Crippen LogP contribution in [0.15, 0.2) is 55.1 Å². The molecule has 4 aromatic rings. The van der Waals surface area contributed by atoms with Gasteiger partial charge in [0.2, 0.25) is 5.91 Å². The molecule has 0 unspecified atom stereocenters. The number of hydrogen-bond acceptors (Lipinski definition) is 11. The number of aromatic nitrogens is 4. The molecule has 0 bridgehead atoms. The van der Waals surface area contributed by atoms with Gasteiger partial charge in [-0.05, 0) is 85.2 Å². The van der Waals surface area contributed by atoms with Crippen LogP contribution in [0.25, 0.3) is 10.9 Å². The van der Waals surface area contributed by atoms with Crippen LogP contribution in [0, 0.1) is 11.6 Å². The summed E-state index contributed by atoms with van der Waals surface area (Å²) in [4.78, 5) is 23.4. The Morgan fingerprint density at radius 1 is 0.980 bits per heavy atom. The number of halogens is 2. The number of carbonyl (C=O) groups excluding carboxylic acids is 1. The SMILES string of the molecule is CCCN(CCCOc1ccc2c(Nc3cnn(CC(=O)Nc4cccc(F)c4F)c3)ncnc2c1)CCOP(=O)(OC(C)(C)C)OC(C)(C)C. The predicted molar refractivity (Wildman–Crippen MR) is 192 cm³/mol. The molecule has 2 heterocycles. The van der Waals surface area contributed by atoms with Crippen molar-refractivity contribution < 1.29 is 36.4 Å². The minimum absolute atomic E-state index is 0.193. The Morgan fingerprint density at radius 2 is 1.73 bits per heavy atom. The molecule has 16 heteroatoms. The maximum atomic E-state index is 13.9. The summed E-state index contributed by atoms with van der Waals surface area (Å²) >= 11 is 0. The van der Waals surface area contributed by atoms with Crippen LogP contribution in [-0.2, 0) is 29.5 Å². The second-order valence-electron chi connectivity index (χ2n) is 13.8. The first kappa shape index (κ1) is 39.8. The zero-order valence-electron chi connectivity index (χ0n) is 30.2. The van der Waals surface area contributed by atoms with Gasteiger partial charge in [0.25, 0.3) is 0 Å². The first-order valence-electron chi connectivity index (χ1n) is 16.8. The van der Waals surface area contributed by atoms with Crippen molar-refractivity contribution in [2.75, 3.05) is 43.5 Å². The van der Waals surface area contributed by atoms with Crippen LogP contribution in [0.1, 0.15) is 61.3 Å². The number of carbonyl (C=O) groups is 1. The lowest BCUT2D eigenvalue weighted by Gasteiger charge is -2.31. The number of phosphoric acid groups is 1. The number of phosphoric ester groups is 1. The van der Waals surface area contributed by atoms with Gasteiger partial charge in [-0.1, -0.05) is 13.0 Å². The van der Waals surface area contributed by atoms with Crippen LogP contribution >= 0.6 is 7.82 Å². The monoisotopic (exact) mass is 731 g/mol. The molecule has 4 rings (SSSR count). The van der Waals surface area contributed by atoms with Crippen molar-refractivity contribution in [1.82, 2.24) is 24.6 Å². The number of rotatable bonds is 18. The lowest BCUT2D eigenvalue weighted by atomic mass is 10.2. The quantitative estimate of drug-likeness (QED) is 0.0767. The summed E-state index contributed by atoms with van der Waals surface area (Å²) in [6.45, 7) is 15.6. The fraction of sp³-hybridized carbons (Fsp3) is 0.486. The van der Waals surface area contributed by atoms with Crippen LogP contribution in [0.3, 0.4) is 0 Å². The zero-order chi connectivity index (χ0) is 37.2. The van der Waals surface area contributed by atoms with Crippen molar-refractivity contribution in [3.05, 3.63) is 66.8 Å². The highest BCUT2D eigenvalue weighted by molar-refractivity contribution is 7.48. The summed E-state index contributed by atoms with van der Waals surface area (Å²) in [5.74, 6) is -1.56. The van der Waals surface area contributed by atoms with Gasteiger partial charge in [0.1, 0.15) is 24.4 Å². The average Bonchev–Trinajstić information content (AvgIpc) is 3.45. The molecule has 0 saturated heterocycles. The summed E-state index contributed by atoms with van der Waals surface area (Å²) in [6.07, 6.45) is 6.25. The maximum absolute atomic E-state index is 13.9. The van der Waals surface area contributed by atoms with Gasteiger partial charge < -0.3 is 20.3 Å². The van der Waals surface area contributed by atoms with Crippen molar-refractivity contribution >= 4 is 41.8 Å². The molecular formula is C35H48F2N7O6P. The molecule has 0 aliphatic carbocycles. The first-order valence-corrected chi connectivity index (χ1v) is 18.3. The number of nitrogens with zero attached hydrogens (tertiary/aromatic N) is 5. The van der Waals surface area contributed by atoms with E-state index in [1.807, 2.05) is 59.7 Å².